The maximum absolute atomic E-state index is 6.53. The first kappa shape index (κ1) is 14.9. The molecular weight excluding hydrogens is 270 g/mol. The highest BCUT2D eigenvalue weighted by Crippen LogP contribution is 2.26. The van der Waals surface area contributed by atoms with E-state index < -0.39 is 0 Å². The second kappa shape index (κ2) is 7.30. The Morgan fingerprint density at radius 1 is 1.10 bits per heavy atom. The normalized spacial score (nSPS) is 13.8. The van der Waals surface area contributed by atoms with Gasteiger partial charge in [0.1, 0.15) is 5.75 Å². The van der Waals surface area contributed by atoms with E-state index in [9.17, 15) is 0 Å². The topological polar surface area (TPSA) is 22.1 Å². The smallest absolute Gasteiger partial charge is 0.118 e. The highest BCUT2D eigenvalue weighted by atomic mass is 35.5. The van der Waals surface area contributed by atoms with E-state index in [0.717, 1.165) is 18.6 Å². The predicted molar refractivity (Wildman–Crippen MR) is 83.6 cm³/mol. The van der Waals surface area contributed by atoms with Gasteiger partial charge in [-0.2, -0.15) is 0 Å². The van der Waals surface area contributed by atoms with Crippen molar-refractivity contribution in [1.82, 2.24) is 4.98 Å². The zero-order valence-corrected chi connectivity index (χ0v) is 12.7. The number of nitrogens with zero attached hydrogens (tertiary/aromatic N) is 1. The maximum atomic E-state index is 6.53. The van der Waals surface area contributed by atoms with Crippen LogP contribution in [0.4, 0.5) is 0 Å². The molecule has 0 N–H and O–H groups in total. The molecule has 0 aliphatic carbocycles. The number of hydrogen-bond donors (Lipinski definition) is 0. The Labute approximate surface area is 125 Å². The number of rotatable bonds is 6. The number of alkyl halides is 1. The van der Waals surface area contributed by atoms with Gasteiger partial charge in [0.05, 0.1) is 7.11 Å². The lowest BCUT2D eigenvalue weighted by molar-refractivity contribution is 0.414. The Bertz CT molecular complexity index is 512. The van der Waals surface area contributed by atoms with Gasteiger partial charge in [-0.25, -0.2) is 0 Å². The molecule has 106 valence electrons. The molecule has 0 amide bonds. The quantitative estimate of drug-likeness (QED) is 0.734. The molecule has 2 rings (SSSR count). The molecular formula is C17H20ClNO. The van der Waals surface area contributed by atoms with Crippen LogP contribution in [-0.2, 0) is 6.42 Å². The monoisotopic (exact) mass is 289 g/mol. The van der Waals surface area contributed by atoms with E-state index in [1.165, 1.54) is 11.1 Å². The molecule has 0 fully saturated rings. The Morgan fingerprint density at radius 2 is 1.75 bits per heavy atom. The Hall–Kier alpha value is -1.54. The molecule has 0 aliphatic rings. The summed E-state index contributed by atoms with van der Waals surface area (Å²) in [6.45, 7) is 2.17. The SMILES string of the molecule is COc1ccc(CCC(Cl)C(C)c2ccncc2)cc1. The fourth-order valence-electron chi connectivity index (χ4n) is 2.22. The number of benzene rings is 1. The van der Waals surface area contributed by atoms with Gasteiger partial charge in [0.15, 0.2) is 0 Å². The van der Waals surface area contributed by atoms with Crippen LogP contribution in [0, 0.1) is 0 Å². The highest BCUT2D eigenvalue weighted by molar-refractivity contribution is 6.21. The highest BCUT2D eigenvalue weighted by Gasteiger charge is 2.16. The van der Waals surface area contributed by atoms with Crippen molar-refractivity contribution in [2.75, 3.05) is 7.11 Å². The summed E-state index contributed by atoms with van der Waals surface area (Å²) in [6, 6.07) is 12.2. The number of aromatic nitrogens is 1. The van der Waals surface area contributed by atoms with E-state index in [1.807, 2.05) is 36.7 Å². The minimum Gasteiger partial charge on any atom is -0.497 e. The van der Waals surface area contributed by atoms with Gasteiger partial charge >= 0.3 is 0 Å². The van der Waals surface area contributed by atoms with Crippen LogP contribution in [0.5, 0.6) is 5.75 Å². The average Bonchev–Trinajstić information content (AvgIpc) is 2.53. The van der Waals surface area contributed by atoms with E-state index >= 15 is 0 Å². The molecule has 2 aromatic rings. The first-order valence-electron chi connectivity index (χ1n) is 6.87. The number of pyridine rings is 1. The van der Waals surface area contributed by atoms with Crippen LogP contribution >= 0.6 is 11.6 Å². The summed E-state index contributed by atoms with van der Waals surface area (Å²) < 4.78 is 5.16. The zero-order valence-electron chi connectivity index (χ0n) is 11.9. The summed E-state index contributed by atoms with van der Waals surface area (Å²) in [7, 11) is 1.68. The van der Waals surface area contributed by atoms with Crippen molar-refractivity contribution in [2.24, 2.45) is 0 Å². The third-order valence-electron chi connectivity index (χ3n) is 3.64. The molecule has 0 spiro atoms. The second-order valence-corrected chi connectivity index (χ2v) is 5.53. The maximum Gasteiger partial charge on any atom is 0.118 e. The van der Waals surface area contributed by atoms with Gasteiger partial charge in [0.25, 0.3) is 0 Å². The van der Waals surface area contributed by atoms with Crippen molar-refractivity contribution in [3.8, 4) is 5.75 Å². The summed E-state index contributed by atoms with van der Waals surface area (Å²) in [5.41, 5.74) is 2.54. The van der Waals surface area contributed by atoms with Gasteiger partial charge in [-0.3, -0.25) is 4.98 Å². The molecule has 0 aliphatic heterocycles. The molecule has 3 heteroatoms. The van der Waals surface area contributed by atoms with Crippen molar-refractivity contribution in [3.05, 3.63) is 59.9 Å². The lowest BCUT2D eigenvalue weighted by Crippen LogP contribution is -2.11. The third kappa shape index (κ3) is 3.97. The first-order chi connectivity index (χ1) is 9.70. The number of methoxy groups -OCH3 is 1. The molecule has 1 aromatic carbocycles. The number of ether oxygens (including phenoxy) is 1. The molecule has 1 heterocycles. The van der Waals surface area contributed by atoms with Gasteiger partial charge in [-0.15, -0.1) is 11.6 Å². The summed E-state index contributed by atoms with van der Waals surface area (Å²) >= 11 is 6.53. The molecule has 0 radical (unpaired) electrons. The van der Waals surface area contributed by atoms with Crippen LogP contribution in [0.3, 0.4) is 0 Å². The van der Waals surface area contributed by atoms with Crippen molar-refractivity contribution < 1.29 is 4.74 Å². The van der Waals surface area contributed by atoms with Crippen LogP contribution in [0.25, 0.3) is 0 Å². The largest absolute Gasteiger partial charge is 0.497 e. The minimum absolute atomic E-state index is 0.125. The van der Waals surface area contributed by atoms with Gasteiger partial charge in [0.2, 0.25) is 0 Å². The molecule has 0 bridgehead atoms. The summed E-state index contributed by atoms with van der Waals surface area (Å²) in [6.07, 6.45) is 5.57. The second-order valence-electron chi connectivity index (χ2n) is 4.97. The summed E-state index contributed by atoms with van der Waals surface area (Å²) in [5.74, 6) is 1.22. The van der Waals surface area contributed by atoms with Crippen molar-refractivity contribution in [3.63, 3.8) is 0 Å². The van der Waals surface area contributed by atoms with Gasteiger partial charge in [-0.1, -0.05) is 19.1 Å². The van der Waals surface area contributed by atoms with Crippen LogP contribution in [0.2, 0.25) is 0 Å². The Balaban J connectivity index is 1.89. The minimum atomic E-state index is 0.125. The first-order valence-corrected chi connectivity index (χ1v) is 7.31. The van der Waals surface area contributed by atoms with Crippen molar-refractivity contribution in [2.45, 2.75) is 31.1 Å². The fourth-order valence-corrected chi connectivity index (χ4v) is 2.48. The molecule has 20 heavy (non-hydrogen) atoms. The summed E-state index contributed by atoms with van der Waals surface area (Å²) in [5, 5.41) is 0.125. The van der Waals surface area contributed by atoms with Gasteiger partial charge in [-0.05, 0) is 54.2 Å². The molecule has 0 saturated heterocycles. The van der Waals surface area contributed by atoms with E-state index in [0.29, 0.717) is 5.92 Å². The standard InChI is InChI=1S/C17H20ClNO/c1-13(15-9-11-19-12-10-15)17(18)8-5-14-3-6-16(20-2)7-4-14/h3-4,6-7,9-13,17H,5,8H2,1-2H3. The zero-order chi connectivity index (χ0) is 14.4. The number of halogens is 1. The molecule has 2 atom stereocenters. The van der Waals surface area contributed by atoms with Crippen LogP contribution in [0.15, 0.2) is 48.8 Å². The fraction of sp³-hybridized carbons (Fsp3) is 0.353. The molecule has 1 aromatic heterocycles. The molecule has 0 saturated carbocycles. The van der Waals surface area contributed by atoms with Gasteiger partial charge < -0.3 is 4.74 Å². The summed E-state index contributed by atoms with van der Waals surface area (Å²) in [4.78, 5) is 4.04. The van der Waals surface area contributed by atoms with Crippen LogP contribution in [-0.4, -0.2) is 17.5 Å². The van der Waals surface area contributed by atoms with E-state index in [4.69, 9.17) is 16.3 Å². The average molecular weight is 290 g/mol. The molecule has 2 unspecified atom stereocenters. The van der Waals surface area contributed by atoms with Crippen molar-refractivity contribution >= 4 is 11.6 Å². The van der Waals surface area contributed by atoms with Gasteiger partial charge in [0, 0.05) is 17.8 Å². The Morgan fingerprint density at radius 3 is 2.35 bits per heavy atom. The lowest BCUT2D eigenvalue weighted by Gasteiger charge is -2.18. The van der Waals surface area contributed by atoms with E-state index in [2.05, 4.69) is 24.0 Å². The number of aryl methyl sites for hydroxylation is 1. The van der Waals surface area contributed by atoms with Crippen LogP contribution < -0.4 is 4.74 Å². The Kier molecular flexibility index (Phi) is 5.42. The lowest BCUT2D eigenvalue weighted by atomic mass is 9.94. The van der Waals surface area contributed by atoms with E-state index in [-0.39, 0.29) is 5.38 Å². The van der Waals surface area contributed by atoms with Crippen molar-refractivity contribution in [1.29, 1.82) is 0 Å². The molecule has 2 nitrogen and oxygen atoms in total. The third-order valence-corrected chi connectivity index (χ3v) is 4.24. The van der Waals surface area contributed by atoms with Crippen LogP contribution in [0.1, 0.15) is 30.4 Å². The van der Waals surface area contributed by atoms with E-state index in [1.54, 1.807) is 7.11 Å². The predicted octanol–water partition coefficient (Wildman–Crippen LogP) is 4.43. The number of hydrogen-bond acceptors (Lipinski definition) is 2.